The fourth-order valence-electron chi connectivity index (χ4n) is 2.07. The van der Waals surface area contributed by atoms with E-state index in [2.05, 4.69) is 36.2 Å². The fraction of sp³-hybridized carbons (Fsp3) is 0.571. The Morgan fingerprint density at radius 3 is 2.80 bits per heavy atom. The second-order valence-electron chi connectivity index (χ2n) is 4.96. The molecule has 0 aliphatic carbocycles. The molecule has 5 nitrogen and oxygen atoms in total. The van der Waals surface area contributed by atoms with Gasteiger partial charge in [0.25, 0.3) is 0 Å². The van der Waals surface area contributed by atoms with E-state index in [1.165, 1.54) is 4.88 Å². The van der Waals surface area contributed by atoms with Crippen LogP contribution in [0.15, 0.2) is 6.20 Å². The van der Waals surface area contributed by atoms with E-state index in [-0.39, 0.29) is 6.04 Å². The van der Waals surface area contributed by atoms with Crippen molar-refractivity contribution in [2.24, 2.45) is 0 Å². The minimum Gasteiger partial charge on any atom is -0.394 e. The summed E-state index contributed by atoms with van der Waals surface area (Å²) in [6.45, 7) is 9.19. The molecular weight excluding hydrogens is 270 g/mol. The molecule has 110 valence electrons. The van der Waals surface area contributed by atoms with Crippen LogP contribution in [0.25, 0.3) is 0 Å². The second-order valence-corrected chi connectivity index (χ2v) is 6.10. The molecule has 6 heteroatoms. The van der Waals surface area contributed by atoms with Gasteiger partial charge in [-0.3, -0.25) is 0 Å². The number of rotatable bonds is 6. The molecule has 0 fully saturated rings. The third-order valence-electron chi connectivity index (χ3n) is 3.25. The summed E-state index contributed by atoms with van der Waals surface area (Å²) in [7, 11) is 0. The summed E-state index contributed by atoms with van der Waals surface area (Å²) in [4.78, 5) is 5.79. The zero-order valence-electron chi connectivity index (χ0n) is 12.6. The first-order valence-electron chi connectivity index (χ1n) is 7.10. The molecule has 0 aliphatic heterocycles. The lowest BCUT2D eigenvalue weighted by Gasteiger charge is -2.15. The number of hydrogen-bond acceptors (Lipinski definition) is 5. The van der Waals surface area contributed by atoms with Crippen molar-refractivity contribution in [2.75, 3.05) is 11.1 Å². The van der Waals surface area contributed by atoms with Crippen molar-refractivity contribution in [1.82, 2.24) is 14.8 Å². The van der Waals surface area contributed by atoms with Crippen LogP contribution >= 0.6 is 11.3 Å². The van der Waals surface area contributed by atoms with Gasteiger partial charge in [-0.15, -0.1) is 11.3 Å². The molecule has 1 atom stereocenters. The largest absolute Gasteiger partial charge is 0.394 e. The molecule has 3 N–H and O–H groups in total. The number of thiazole rings is 1. The monoisotopic (exact) mass is 293 g/mol. The Morgan fingerprint density at radius 1 is 1.45 bits per heavy atom. The predicted octanol–water partition coefficient (Wildman–Crippen LogP) is 3.38. The van der Waals surface area contributed by atoms with Crippen LogP contribution in [-0.2, 0) is 13.0 Å². The fourth-order valence-corrected chi connectivity index (χ4v) is 2.93. The van der Waals surface area contributed by atoms with Crippen molar-refractivity contribution in [3.63, 3.8) is 0 Å². The molecule has 2 aromatic rings. The molecule has 1 unspecified atom stereocenters. The Labute approximate surface area is 124 Å². The molecule has 2 rings (SSSR count). The lowest BCUT2D eigenvalue weighted by Crippen LogP contribution is -2.12. The van der Waals surface area contributed by atoms with Crippen LogP contribution in [-0.4, -0.2) is 14.8 Å². The molecule has 0 aliphatic rings. The van der Waals surface area contributed by atoms with Crippen molar-refractivity contribution in [1.29, 1.82) is 0 Å². The summed E-state index contributed by atoms with van der Waals surface area (Å²) in [6, 6.07) is 0.134. The van der Waals surface area contributed by atoms with E-state index in [9.17, 15) is 0 Å². The van der Waals surface area contributed by atoms with Crippen molar-refractivity contribution in [3.05, 3.63) is 21.8 Å². The molecule has 0 aromatic carbocycles. The number of nitrogen functional groups attached to an aromatic ring is 1. The number of nitrogens with zero attached hydrogens (tertiary/aromatic N) is 3. The Morgan fingerprint density at radius 2 is 2.20 bits per heavy atom. The highest BCUT2D eigenvalue weighted by Gasteiger charge is 2.17. The van der Waals surface area contributed by atoms with Crippen LogP contribution in [0.3, 0.4) is 0 Å². The van der Waals surface area contributed by atoms with E-state index >= 15 is 0 Å². The van der Waals surface area contributed by atoms with Gasteiger partial charge in [0, 0.05) is 17.6 Å². The number of aromatic nitrogens is 3. The third kappa shape index (κ3) is 2.95. The normalized spacial score (nSPS) is 12.6. The van der Waals surface area contributed by atoms with Crippen LogP contribution < -0.4 is 11.1 Å². The molecule has 20 heavy (non-hydrogen) atoms. The average molecular weight is 293 g/mol. The SMILES string of the molecule is CCCn1nc(C)c(N)c1NC(C)c1ncc(CC)s1. The Kier molecular flexibility index (Phi) is 4.65. The predicted molar refractivity (Wildman–Crippen MR) is 85.2 cm³/mol. The maximum Gasteiger partial charge on any atom is 0.148 e. The maximum atomic E-state index is 6.13. The van der Waals surface area contributed by atoms with Gasteiger partial charge in [-0.2, -0.15) is 5.10 Å². The van der Waals surface area contributed by atoms with E-state index in [0.29, 0.717) is 0 Å². The minimum atomic E-state index is 0.134. The number of nitrogens with two attached hydrogens (primary N) is 1. The van der Waals surface area contributed by atoms with Gasteiger partial charge >= 0.3 is 0 Å². The number of anilines is 2. The Bertz CT molecular complexity index is 572. The van der Waals surface area contributed by atoms with Gasteiger partial charge in [-0.05, 0) is 26.7 Å². The first kappa shape index (κ1) is 14.8. The van der Waals surface area contributed by atoms with Crippen molar-refractivity contribution in [2.45, 2.75) is 53.1 Å². The van der Waals surface area contributed by atoms with E-state index in [1.54, 1.807) is 11.3 Å². The topological polar surface area (TPSA) is 68.8 Å². The number of aryl methyl sites for hydroxylation is 3. The molecule has 0 spiro atoms. The molecule has 0 bridgehead atoms. The molecule has 0 amide bonds. The van der Waals surface area contributed by atoms with Gasteiger partial charge in [-0.25, -0.2) is 9.67 Å². The molecule has 0 saturated heterocycles. The minimum absolute atomic E-state index is 0.134. The van der Waals surface area contributed by atoms with Crippen LogP contribution in [0.1, 0.15) is 48.8 Å². The highest BCUT2D eigenvalue weighted by Crippen LogP contribution is 2.28. The summed E-state index contributed by atoms with van der Waals surface area (Å²) < 4.78 is 1.95. The van der Waals surface area contributed by atoms with Gasteiger partial charge in [0.05, 0.1) is 17.4 Å². The standard InChI is InChI=1S/C14H23N5S/c1-5-7-19-13(12(15)9(3)18-19)17-10(4)14-16-8-11(6-2)20-14/h8,10,17H,5-7,15H2,1-4H3. The highest BCUT2D eigenvalue weighted by molar-refractivity contribution is 7.11. The summed E-state index contributed by atoms with van der Waals surface area (Å²) in [6.07, 6.45) is 4.01. The molecule has 2 aromatic heterocycles. The average Bonchev–Trinajstić information content (AvgIpc) is 3.00. The quantitative estimate of drug-likeness (QED) is 0.856. The second kappa shape index (κ2) is 6.26. The lowest BCUT2D eigenvalue weighted by molar-refractivity contribution is 0.599. The Balaban J connectivity index is 2.20. The van der Waals surface area contributed by atoms with E-state index in [1.807, 2.05) is 17.8 Å². The summed E-state index contributed by atoms with van der Waals surface area (Å²) in [5, 5.41) is 9.03. The molecule has 0 radical (unpaired) electrons. The van der Waals surface area contributed by atoms with E-state index < -0.39 is 0 Å². The van der Waals surface area contributed by atoms with Crippen molar-refractivity contribution >= 4 is 22.8 Å². The first-order chi connectivity index (χ1) is 9.56. The lowest BCUT2D eigenvalue weighted by atomic mass is 10.3. The number of nitrogens with one attached hydrogen (secondary N) is 1. The summed E-state index contributed by atoms with van der Waals surface area (Å²) >= 11 is 1.75. The third-order valence-corrected chi connectivity index (χ3v) is 4.58. The van der Waals surface area contributed by atoms with Crippen molar-refractivity contribution in [3.8, 4) is 0 Å². The highest BCUT2D eigenvalue weighted by atomic mass is 32.1. The summed E-state index contributed by atoms with van der Waals surface area (Å²) in [5.74, 6) is 0.907. The van der Waals surface area contributed by atoms with Gasteiger partial charge in [0.2, 0.25) is 0 Å². The first-order valence-corrected chi connectivity index (χ1v) is 7.92. The zero-order valence-corrected chi connectivity index (χ0v) is 13.4. The maximum absolute atomic E-state index is 6.13. The van der Waals surface area contributed by atoms with Crippen LogP contribution in [0, 0.1) is 6.92 Å². The Hall–Kier alpha value is -1.56. The van der Waals surface area contributed by atoms with Gasteiger partial charge in [-0.1, -0.05) is 13.8 Å². The molecule has 2 heterocycles. The molecular formula is C14H23N5S. The van der Waals surface area contributed by atoms with Gasteiger partial charge in [0.15, 0.2) is 0 Å². The van der Waals surface area contributed by atoms with Crippen LogP contribution in [0.2, 0.25) is 0 Å². The number of hydrogen-bond donors (Lipinski definition) is 2. The smallest absolute Gasteiger partial charge is 0.148 e. The van der Waals surface area contributed by atoms with E-state index in [4.69, 9.17) is 5.73 Å². The van der Waals surface area contributed by atoms with Crippen LogP contribution in [0.4, 0.5) is 11.5 Å². The zero-order chi connectivity index (χ0) is 14.7. The summed E-state index contributed by atoms with van der Waals surface area (Å²) in [5.41, 5.74) is 7.74. The van der Waals surface area contributed by atoms with Gasteiger partial charge < -0.3 is 11.1 Å². The molecule has 0 saturated carbocycles. The van der Waals surface area contributed by atoms with E-state index in [0.717, 1.165) is 41.6 Å². The van der Waals surface area contributed by atoms with Crippen LogP contribution in [0.5, 0.6) is 0 Å². The van der Waals surface area contributed by atoms with Crippen molar-refractivity contribution < 1.29 is 0 Å². The van der Waals surface area contributed by atoms with Gasteiger partial charge in [0.1, 0.15) is 10.8 Å².